The van der Waals surface area contributed by atoms with E-state index in [1.165, 1.54) is 16.9 Å². The van der Waals surface area contributed by atoms with Crippen LogP contribution in [0, 0.1) is 6.92 Å². The van der Waals surface area contributed by atoms with Gasteiger partial charge in [0.1, 0.15) is 0 Å². The Hall–Kier alpha value is -0.380. The molecule has 1 saturated carbocycles. The van der Waals surface area contributed by atoms with Gasteiger partial charge in [-0.15, -0.1) is 11.3 Å². The molecule has 1 aromatic rings. The number of hydrogen-bond donors (Lipinski definition) is 2. The monoisotopic (exact) mass is 239 g/mol. The van der Waals surface area contributed by atoms with Gasteiger partial charge in [0, 0.05) is 17.5 Å². The molecule has 90 valence electrons. The van der Waals surface area contributed by atoms with Gasteiger partial charge in [0.15, 0.2) is 0 Å². The van der Waals surface area contributed by atoms with Gasteiger partial charge >= 0.3 is 0 Å². The molecule has 0 aromatic carbocycles. The van der Waals surface area contributed by atoms with Crippen LogP contribution in [0.4, 0.5) is 0 Å². The maximum Gasteiger partial charge on any atom is 0.0662 e. The smallest absolute Gasteiger partial charge is 0.0662 e. The minimum Gasteiger partial charge on any atom is -0.390 e. The Labute approximate surface area is 102 Å². The van der Waals surface area contributed by atoms with E-state index in [0.717, 1.165) is 25.8 Å². The predicted octanol–water partition coefficient (Wildman–Crippen LogP) is 2.84. The van der Waals surface area contributed by atoms with Crippen molar-refractivity contribution in [1.29, 1.82) is 0 Å². The zero-order valence-corrected chi connectivity index (χ0v) is 10.9. The molecule has 2 nitrogen and oxygen atoms in total. The maximum atomic E-state index is 10.1. The van der Waals surface area contributed by atoms with E-state index in [-0.39, 0.29) is 5.60 Å². The van der Waals surface area contributed by atoms with Crippen LogP contribution in [0.2, 0.25) is 0 Å². The van der Waals surface area contributed by atoms with Crippen LogP contribution in [-0.4, -0.2) is 16.7 Å². The van der Waals surface area contributed by atoms with Gasteiger partial charge in [0.25, 0.3) is 0 Å². The summed E-state index contributed by atoms with van der Waals surface area (Å²) < 4.78 is 0. The third-order valence-electron chi connectivity index (χ3n) is 3.55. The summed E-state index contributed by atoms with van der Waals surface area (Å²) in [6.07, 6.45) is 4.04. The molecule has 2 N–H and O–H groups in total. The highest BCUT2D eigenvalue weighted by Crippen LogP contribution is 2.35. The number of nitrogens with one attached hydrogen (secondary N) is 1. The fourth-order valence-electron chi connectivity index (χ4n) is 2.28. The molecule has 16 heavy (non-hydrogen) atoms. The van der Waals surface area contributed by atoms with E-state index in [1.807, 2.05) is 0 Å². The highest BCUT2D eigenvalue weighted by Gasteiger charge is 2.35. The van der Waals surface area contributed by atoms with Gasteiger partial charge in [-0.1, -0.05) is 0 Å². The number of hydrogen-bond acceptors (Lipinski definition) is 3. The summed E-state index contributed by atoms with van der Waals surface area (Å²) in [5.41, 5.74) is 1.00. The minimum atomic E-state index is -0.364. The third-order valence-corrected chi connectivity index (χ3v) is 4.57. The van der Waals surface area contributed by atoms with Crippen molar-refractivity contribution in [2.24, 2.45) is 0 Å². The van der Waals surface area contributed by atoms with Crippen molar-refractivity contribution < 1.29 is 5.11 Å². The van der Waals surface area contributed by atoms with Crippen LogP contribution in [0.5, 0.6) is 0 Å². The lowest BCUT2D eigenvalue weighted by molar-refractivity contribution is -0.0464. The summed E-state index contributed by atoms with van der Waals surface area (Å²) in [6, 6.07) is 2.55. The van der Waals surface area contributed by atoms with E-state index >= 15 is 0 Å². The fraction of sp³-hybridized carbons (Fsp3) is 0.692. The molecule has 1 unspecified atom stereocenters. The molecule has 1 heterocycles. The summed E-state index contributed by atoms with van der Waals surface area (Å²) in [5, 5.41) is 15.7. The molecule has 0 saturated heterocycles. The zero-order valence-electron chi connectivity index (χ0n) is 10.1. The first-order valence-electron chi connectivity index (χ1n) is 6.08. The second-order valence-corrected chi connectivity index (χ2v) is 6.09. The average molecular weight is 239 g/mol. The molecule has 0 amide bonds. The molecule has 1 aromatic heterocycles. The number of thiophene rings is 1. The fourth-order valence-corrected chi connectivity index (χ4v) is 3.14. The molecule has 1 fully saturated rings. The van der Waals surface area contributed by atoms with Crippen molar-refractivity contribution >= 4 is 11.3 Å². The lowest BCUT2D eigenvalue weighted by atomic mass is 9.76. The summed E-state index contributed by atoms with van der Waals surface area (Å²) in [5.74, 6) is 0. The third kappa shape index (κ3) is 2.84. The molecular weight excluding hydrogens is 218 g/mol. The first kappa shape index (κ1) is 12.1. The van der Waals surface area contributed by atoms with Crippen molar-refractivity contribution in [2.45, 2.75) is 57.7 Å². The standard InChI is InChI=1S/C13H21NOS/c1-10-4-7-16-12(10)9-14-11(2)8-13(15)5-3-6-13/h4,7,11,14-15H,3,5-6,8-9H2,1-2H3. The van der Waals surface area contributed by atoms with Crippen molar-refractivity contribution in [3.05, 3.63) is 21.9 Å². The second-order valence-electron chi connectivity index (χ2n) is 5.09. The van der Waals surface area contributed by atoms with Crippen LogP contribution in [0.15, 0.2) is 11.4 Å². The molecule has 3 heteroatoms. The molecule has 1 atom stereocenters. The Balaban J connectivity index is 1.75. The van der Waals surface area contributed by atoms with E-state index in [1.54, 1.807) is 11.3 Å². The van der Waals surface area contributed by atoms with Crippen LogP contribution >= 0.6 is 11.3 Å². The summed E-state index contributed by atoms with van der Waals surface area (Å²) in [6.45, 7) is 5.25. The summed E-state index contributed by atoms with van der Waals surface area (Å²) >= 11 is 1.80. The lowest BCUT2D eigenvalue weighted by Gasteiger charge is -2.38. The molecule has 1 aliphatic carbocycles. The zero-order chi connectivity index (χ0) is 11.6. The molecule has 2 rings (SSSR count). The summed E-state index contributed by atoms with van der Waals surface area (Å²) in [4.78, 5) is 1.41. The van der Waals surface area contributed by atoms with Crippen LogP contribution < -0.4 is 5.32 Å². The topological polar surface area (TPSA) is 32.3 Å². The first-order valence-corrected chi connectivity index (χ1v) is 6.96. The van der Waals surface area contributed by atoms with Gasteiger partial charge in [0.2, 0.25) is 0 Å². The van der Waals surface area contributed by atoms with Gasteiger partial charge in [-0.3, -0.25) is 0 Å². The first-order chi connectivity index (χ1) is 7.59. The minimum absolute atomic E-state index is 0.364. The van der Waals surface area contributed by atoms with Gasteiger partial charge in [0.05, 0.1) is 5.60 Å². The SMILES string of the molecule is Cc1ccsc1CNC(C)CC1(O)CCC1. The van der Waals surface area contributed by atoms with E-state index in [0.29, 0.717) is 6.04 Å². The number of aliphatic hydroxyl groups is 1. The van der Waals surface area contributed by atoms with Crippen LogP contribution in [-0.2, 0) is 6.54 Å². The quantitative estimate of drug-likeness (QED) is 0.828. The summed E-state index contributed by atoms with van der Waals surface area (Å²) in [7, 11) is 0. The lowest BCUT2D eigenvalue weighted by Crippen LogP contribution is -2.43. The Bertz CT molecular complexity index is 343. The highest BCUT2D eigenvalue weighted by molar-refractivity contribution is 7.10. The Morgan fingerprint density at radius 3 is 2.81 bits per heavy atom. The van der Waals surface area contributed by atoms with Crippen LogP contribution in [0.3, 0.4) is 0 Å². The maximum absolute atomic E-state index is 10.1. The highest BCUT2D eigenvalue weighted by atomic mass is 32.1. The van der Waals surface area contributed by atoms with Crippen molar-refractivity contribution in [3.8, 4) is 0 Å². The van der Waals surface area contributed by atoms with E-state index < -0.39 is 0 Å². The van der Waals surface area contributed by atoms with Gasteiger partial charge < -0.3 is 10.4 Å². The van der Waals surface area contributed by atoms with Gasteiger partial charge in [-0.25, -0.2) is 0 Å². The molecule has 0 spiro atoms. The molecule has 0 aliphatic heterocycles. The van der Waals surface area contributed by atoms with Crippen molar-refractivity contribution in [2.75, 3.05) is 0 Å². The second kappa shape index (κ2) is 4.86. The Morgan fingerprint density at radius 1 is 1.56 bits per heavy atom. The molecular formula is C13H21NOS. The van der Waals surface area contributed by atoms with Crippen LogP contribution in [0.25, 0.3) is 0 Å². The largest absolute Gasteiger partial charge is 0.390 e. The van der Waals surface area contributed by atoms with Gasteiger partial charge in [-0.05, 0) is 56.5 Å². The van der Waals surface area contributed by atoms with Crippen LogP contribution in [0.1, 0.15) is 43.0 Å². The number of rotatable bonds is 5. The van der Waals surface area contributed by atoms with Crippen molar-refractivity contribution in [3.63, 3.8) is 0 Å². The van der Waals surface area contributed by atoms with Gasteiger partial charge in [-0.2, -0.15) is 0 Å². The molecule has 0 radical (unpaired) electrons. The molecule has 1 aliphatic rings. The molecule has 0 bridgehead atoms. The average Bonchev–Trinajstić information content (AvgIpc) is 2.59. The van der Waals surface area contributed by atoms with E-state index in [4.69, 9.17) is 0 Å². The Kier molecular flexibility index (Phi) is 3.67. The predicted molar refractivity (Wildman–Crippen MR) is 68.8 cm³/mol. The Morgan fingerprint density at radius 2 is 2.31 bits per heavy atom. The normalized spacial score (nSPS) is 20.4. The van der Waals surface area contributed by atoms with E-state index in [2.05, 4.69) is 30.6 Å². The number of aryl methyl sites for hydroxylation is 1. The van der Waals surface area contributed by atoms with Crippen molar-refractivity contribution in [1.82, 2.24) is 5.32 Å². The van der Waals surface area contributed by atoms with E-state index in [9.17, 15) is 5.11 Å².